The summed E-state index contributed by atoms with van der Waals surface area (Å²) in [5.41, 5.74) is 2.89. The second-order valence-corrected chi connectivity index (χ2v) is 7.59. The second-order valence-electron chi connectivity index (χ2n) is 7.59. The van der Waals surface area contributed by atoms with E-state index >= 15 is 0 Å². The summed E-state index contributed by atoms with van der Waals surface area (Å²) in [6.45, 7) is 1.40. The van der Waals surface area contributed by atoms with E-state index in [1.54, 1.807) is 21.8 Å². The first-order valence-electron chi connectivity index (χ1n) is 10.1. The van der Waals surface area contributed by atoms with Crippen LogP contribution in [0, 0.1) is 0 Å². The normalized spacial score (nSPS) is 16.0. The molecule has 0 radical (unpaired) electrons. The average Bonchev–Trinajstić information content (AvgIpc) is 3.40. The Morgan fingerprint density at radius 1 is 1.30 bits per heavy atom. The van der Waals surface area contributed by atoms with E-state index in [9.17, 15) is 9.59 Å². The number of carbonyl (C=O) groups is 1. The molecule has 0 spiro atoms. The minimum absolute atomic E-state index is 0.121. The predicted molar refractivity (Wildman–Crippen MR) is 112 cm³/mol. The Morgan fingerprint density at radius 2 is 2.17 bits per heavy atom. The lowest BCUT2D eigenvalue weighted by Gasteiger charge is -2.11. The molecule has 8 heteroatoms. The Kier molecular flexibility index (Phi) is 6.04. The van der Waals surface area contributed by atoms with E-state index in [2.05, 4.69) is 15.5 Å². The number of hydrogen-bond acceptors (Lipinski definition) is 6. The molecule has 1 aromatic carbocycles. The van der Waals surface area contributed by atoms with E-state index in [0.29, 0.717) is 18.7 Å². The van der Waals surface area contributed by atoms with Gasteiger partial charge in [-0.15, -0.1) is 0 Å². The summed E-state index contributed by atoms with van der Waals surface area (Å²) in [5.74, 6) is -0.238. The molecular formula is C22H25N5O3. The standard InChI is InChI=1S/C22H25N5O3/c1-26-14-19(13-24-26)27-9-7-21(28)20(25-27)11-16-4-2-5-17(10-16)12-22(29)30-15-18-6-3-8-23-18/h2,4-5,7,9-10,13-14,18,23H,3,6,8,11-12,15H2,1H3/t18-/m0/s1. The highest BCUT2D eigenvalue weighted by molar-refractivity contribution is 5.72. The van der Waals surface area contributed by atoms with Gasteiger partial charge < -0.3 is 10.1 Å². The third kappa shape index (κ3) is 5.01. The highest BCUT2D eigenvalue weighted by atomic mass is 16.5. The summed E-state index contributed by atoms with van der Waals surface area (Å²) in [6.07, 6.45) is 7.92. The average molecular weight is 407 g/mol. The lowest BCUT2D eigenvalue weighted by atomic mass is 10.0. The van der Waals surface area contributed by atoms with Crippen LogP contribution in [0.5, 0.6) is 0 Å². The van der Waals surface area contributed by atoms with Gasteiger partial charge in [0, 0.05) is 31.8 Å². The number of aryl methyl sites for hydroxylation is 1. The maximum Gasteiger partial charge on any atom is 0.310 e. The molecule has 0 amide bonds. The summed E-state index contributed by atoms with van der Waals surface area (Å²) < 4.78 is 8.72. The Bertz CT molecular complexity index is 1080. The summed E-state index contributed by atoms with van der Waals surface area (Å²) in [6, 6.07) is 9.42. The van der Waals surface area contributed by atoms with Crippen molar-refractivity contribution < 1.29 is 9.53 Å². The van der Waals surface area contributed by atoms with E-state index in [1.807, 2.05) is 37.5 Å². The number of ether oxygens (including phenoxy) is 1. The van der Waals surface area contributed by atoms with Gasteiger partial charge >= 0.3 is 5.97 Å². The molecule has 0 bridgehead atoms. The predicted octanol–water partition coefficient (Wildman–Crippen LogP) is 1.39. The first-order chi connectivity index (χ1) is 14.6. The van der Waals surface area contributed by atoms with Gasteiger partial charge in [0.2, 0.25) is 5.43 Å². The van der Waals surface area contributed by atoms with Crippen LogP contribution in [-0.4, -0.2) is 44.7 Å². The van der Waals surface area contributed by atoms with E-state index < -0.39 is 0 Å². The molecule has 30 heavy (non-hydrogen) atoms. The van der Waals surface area contributed by atoms with Gasteiger partial charge in [0.1, 0.15) is 18.0 Å². The lowest BCUT2D eigenvalue weighted by Crippen LogP contribution is -2.28. The van der Waals surface area contributed by atoms with E-state index in [0.717, 1.165) is 36.2 Å². The van der Waals surface area contributed by atoms with Crippen LogP contribution in [-0.2, 0) is 29.4 Å². The summed E-state index contributed by atoms with van der Waals surface area (Å²) in [7, 11) is 1.83. The molecule has 1 N–H and O–H groups in total. The molecule has 0 unspecified atom stereocenters. The number of esters is 1. The molecule has 1 atom stereocenters. The van der Waals surface area contributed by atoms with Crippen LogP contribution in [0.25, 0.3) is 5.69 Å². The zero-order valence-electron chi connectivity index (χ0n) is 17.0. The molecule has 1 aliphatic rings. The maximum absolute atomic E-state index is 12.3. The molecule has 1 aliphatic heterocycles. The number of rotatable bonds is 7. The Morgan fingerprint density at radius 3 is 2.93 bits per heavy atom. The fourth-order valence-electron chi connectivity index (χ4n) is 3.59. The molecule has 8 nitrogen and oxygen atoms in total. The fourth-order valence-corrected chi connectivity index (χ4v) is 3.59. The van der Waals surface area contributed by atoms with Gasteiger partial charge in [-0.25, -0.2) is 4.68 Å². The highest BCUT2D eigenvalue weighted by Crippen LogP contribution is 2.11. The number of hydrogen-bond donors (Lipinski definition) is 1. The molecule has 0 saturated carbocycles. The first kappa shape index (κ1) is 20.0. The summed E-state index contributed by atoms with van der Waals surface area (Å²) >= 11 is 0. The number of benzene rings is 1. The van der Waals surface area contributed by atoms with Crippen LogP contribution in [0.15, 0.2) is 53.7 Å². The topological polar surface area (TPSA) is 91.0 Å². The SMILES string of the molecule is Cn1cc(-n2ccc(=O)c(Cc3cccc(CC(=O)OC[C@@H]4CCCN4)c3)n2)cn1. The van der Waals surface area contributed by atoms with Gasteiger partial charge in [-0.05, 0) is 30.5 Å². The number of nitrogens with one attached hydrogen (secondary N) is 1. The van der Waals surface area contributed by atoms with Crippen molar-refractivity contribution in [2.75, 3.05) is 13.2 Å². The zero-order chi connectivity index (χ0) is 20.9. The van der Waals surface area contributed by atoms with Crippen LogP contribution in [0.2, 0.25) is 0 Å². The highest BCUT2D eigenvalue weighted by Gasteiger charge is 2.16. The fraction of sp³-hybridized carbons (Fsp3) is 0.364. The van der Waals surface area contributed by atoms with Crippen LogP contribution in [0.1, 0.15) is 29.7 Å². The van der Waals surface area contributed by atoms with Crippen molar-refractivity contribution in [3.8, 4) is 5.69 Å². The van der Waals surface area contributed by atoms with E-state index in [4.69, 9.17) is 4.74 Å². The molecule has 2 aromatic heterocycles. The Balaban J connectivity index is 1.42. The molecular weight excluding hydrogens is 382 g/mol. The third-order valence-corrected chi connectivity index (χ3v) is 5.16. The maximum atomic E-state index is 12.3. The van der Waals surface area contributed by atoms with Gasteiger partial charge in [0.15, 0.2) is 0 Å². The molecule has 1 fully saturated rings. The molecule has 156 valence electrons. The van der Waals surface area contributed by atoms with Gasteiger partial charge in [-0.2, -0.15) is 10.2 Å². The quantitative estimate of drug-likeness (QED) is 0.596. The van der Waals surface area contributed by atoms with Crippen LogP contribution < -0.4 is 10.7 Å². The van der Waals surface area contributed by atoms with Crippen molar-refractivity contribution in [3.63, 3.8) is 0 Å². The van der Waals surface area contributed by atoms with Crippen molar-refractivity contribution in [1.29, 1.82) is 0 Å². The van der Waals surface area contributed by atoms with Crippen molar-refractivity contribution >= 4 is 5.97 Å². The number of nitrogens with zero attached hydrogens (tertiary/aromatic N) is 4. The van der Waals surface area contributed by atoms with E-state index in [-0.39, 0.29) is 23.9 Å². The molecule has 1 saturated heterocycles. The largest absolute Gasteiger partial charge is 0.464 e. The minimum Gasteiger partial charge on any atom is -0.464 e. The number of carbonyl (C=O) groups excluding carboxylic acids is 1. The van der Waals surface area contributed by atoms with E-state index in [1.165, 1.54) is 6.07 Å². The Labute approximate surface area is 174 Å². The van der Waals surface area contributed by atoms with Gasteiger partial charge in [-0.1, -0.05) is 24.3 Å². The third-order valence-electron chi connectivity index (χ3n) is 5.16. The lowest BCUT2D eigenvalue weighted by molar-refractivity contribution is -0.143. The minimum atomic E-state index is -0.238. The van der Waals surface area contributed by atoms with Gasteiger partial charge in [-0.3, -0.25) is 14.3 Å². The van der Waals surface area contributed by atoms with Gasteiger partial charge in [0.25, 0.3) is 0 Å². The van der Waals surface area contributed by atoms with Crippen LogP contribution >= 0.6 is 0 Å². The smallest absolute Gasteiger partial charge is 0.310 e. The monoisotopic (exact) mass is 407 g/mol. The molecule has 0 aliphatic carbocycles. The summed E-state index contributed by atoms with van der Waals surface area (Å²) in [4.78, 5) is 24.5. The summed E-state index contributed by atoms with van der Waals surface area (Å²) in [5, 5.41) is 11.9. The molecule has 3 heterocycles. The van der Waals surface area contributed by atoms with Crippen LogP contribution in [0.3, 0.4) is 0 Å². The van der Waals surface area contributed by atoms with Gasteiger partial charge in [0.05, 0.1) is 18.8 Å². The van der Waals surface area contributed by atoms with Crippen molar-refractivity contribution in [3.05, 3.63) is 76.0 Å². The molecule has 4 rings (SSSR count). The number of aromatic nitrogens is 4. The Hall–Kier alpha value is -3.26. The first-order valence-corrected chi connectivity index (χ1v) is 10.1. The van der Waals surface area contributed by atoms with Crippen LogP contribution in [0.4, 0.5) is 0 Å². The zero-order valence-corrected chi connectivity index (χ0v) is 17.0. The molecule has 3 aromatic rings. The van der Waals surface area contributed by atoms with Crippen molar-refractivity contribution in [2.45, 2.75) is 31.7 Å². The second kappa shape index (κ2) is 9.04. The van der Waals surface area contributed by atoms with Crippen molar-refractivity contribution in [2.24, 2.45) is 7.05 Å². The van der Waals surface area contributed by atoms with Crippen molar-refractivity contribution in [1.82, 2.24) is 24.9 Å².